The Balaban J connectivity index is 1.33. The molecule has 0 unspecified atom stereocenters. The molecule has 174 valence electrons. The first-order valence-electron chi connectivity index (χ1n) is 10.6. The van der Waals surface area contributed by atoms with Crippen LogP contribution in [0.1, 0.15) is 34.8 Å². The molecule has 2 aliphatic rings. The van der Waals surface area contributed by atoms with Crippen LogP contribution in [0, 0.1) is 5.82 Å². The first-order valence-corrected chi connectivity index (χ1v) is 10.6. The van der Waals surface area contributed by atoms with Crippen molar-refractivity contribution >= 4 is 17.4 Å². The number of fused-ring (bicyclic) bond motifs is 1. The van der Waals surface area contributed by atoms with E-state index >= 15 is 0 Å². The fraction of sp³-hybridized carbons (Fsp3) is 0.364. The van der Waals surface area contributed by atoms with Crippen LogP contribution in [0.2, 0.25) is 0 Å². The maximum atomic E-state index is 13.8. The van der Waals surface area contributed by atoms with E-state index in [2.05, 4.69) is 10.4 Å². The van der Waals surface area contributed by atoms with Gasteiger partial charge in [-0.15, -0.1) is 0 Å². The minimum atomic E-state index is -4.53. The van der Waals surface area contributed by atoms with E-state index in [4.69, 9.17) is 4.42 Å². The lowest BCUT2D eigenvalue weighted by atomic mass is 10.0. The van der Waals surface area contributed by atoms with E-state index in [9.17, 15) is 22.4 Å². The largest absolute Gasteiger partial charge is 0.467 e. The van der Waals surface area contributed by atoms with Crippen molar-refractivity contribution in [2.45, 2.75) is 24.7 Å². The van der Waals surface area contributed by atoms with Gasteiger partial charge in [0.1, 0.15) is 17.4 Å². The van der Waals surface area contributed by atoms with Crippen LogP contribution in [0.15, 0.2) is 53.1 Å². The lowest BCUT2D eigenvalue weighted by Gasteiger charge is -2.35. The number of aromatic nitrogens is 2. The molecule has 2 aromatic heterocycles. The molecule has 1 N–H and O–H groups in total. The first kappa shape index (κ1) is 21.4. The van der Waals surface area contributed by atoms with Gasteiger partial charge < -0.3 is 19.5 Å². The zero-order valence-electron chi connectivity index (χ0n) is 17.4. The standard InChI is InChI=1S/C22H21F4N5O2/c23-14-3-5-15(6-4-14)29-7-9-30(10-8-29)21(32)17-13-20-27-16(18-2-1-11-33-18)12-19(22(24,25)26)31(20)28-17/h1-6,11,13,16,19,27H,7-10,12H2/t16-,19-/m0/s1. The highest BCUT2D eigenvalue weighted by Gasteiger charge is 2.47. The van der Waals surface area contributed by atoms with E-state index < -0.39 is 24.2 Å². The zero-order valence-corrected chi connectivity index (χ0v) is 17.4. The number of carbonyl (C=O) groups excluding carboxylic acids is 1. The van der Waals surface area contributed by atoms with Crippen LogP contribution in [0.3, 0.4) is 0 Å². The minimum Gasteiger partial charge on any atom is -0.467 e. The summed E-state index contributed by atoms with van der Waals surface area (Å²) in [6.45, 7) is 1.80. The third-order valence-corrected chi connectivity index (χ3v) is 6.05. The van der Waals surface area contributed by atoms with Gasteiger partial charge in [0.25, 0.3) is 5.91 Å². The summed E-state index contributed by atoms with van der Waals surface area (Å²) in [5.74, 6) is -0.232. The Bertz CT molecular complexity index is 1120. The molecule has 0 aliphatic carbocycles. The lowest BCUT2D eigenvalue weighted by Crippen LogP contribution is -2.49. The number of alkyl halides is 3. The molecule has 33 heavy (non-hydrogen) atoms. The van der Waals surface area contributed by atoms with Gasteiger partial charge in [-0.1, -0.05) is 0 Å². The number of hydrogen-bond acceptors (Lipinski definition) is 5. The Kier molecular flexibility index (Phi) is 5.26. The smallest absolute Gasteiger partial charge is 0.410 e. The number of benzene rings is 1. The van der Waals surface area contributed by atoms with E-state index in [0.717, 1.165) is 10.4 Å². The molecular weight excluding hydrogens is 442 g/mol. The highest BCUT2D eigenvalue weighted by atomic mass is 19.4. The Morgan fingerprint density at radius 2 is 1.82 bits per heavy atom. The van der Waals surface area contributed by atoms with Crippen molar-refractivity contribution in [1.29, 1.82) is 0 Å². The number of anilines is 2. The fourth-order valence-electron chi connectivity index (χ4n) is 4.34. The molecule has 5 rings (SSSR count). The number of hydrogen-bond donors (Lipinski definition) is 1. The summed E-state index contributed by atoms with van der Waals surface area (Å²) in [5, 5.41) is 7.04. The molecule has 1 fully saturated rings. The van der Waals surface area contributed by atoms with Gasteiger partial charge in [-0.25, -0.2) is 9.07 Å². The number of furan rings is 1. The Morgan fingerprint density at radius 3 is 2.45 bits per heavy atom. The van der Waals surface area contributed by atoms with Gasteiger partial charge in [0.2, 0.25) is 0 Å². The predicted octanol–water partition coefficient (Wildman–Crippen LogP) is 4.24. The average molecular weight is 463 g/mol. The number of nitrogens with zero attached hydrogens (tertiary/aromatic N) is 4. The monoisotopic (exact) mass is 463 g/mol. The van der Waals surface area contributed by atoms with Crippen molar-refractivity contribution in [1.82, 2.24) is 14.7 Å². The number of piperazine rings is 1. The van der Waals surface area contributed by atoms with Crippen molar-refractivity contribution in [3.8, 4) is 0 Å². The number of rotatable bonds is 3. The number of amides is 1. The summed E-state index contributed by atoms with van der Waals surface area (Å²) in [6, 6.07) is 8.14. The van der Waals surface area contributed by atoms with Gasteiger partial charge in [-0.2, -0.15) is 18.3 Å². The number of nitrogens with one attached hydrogen (secondary N) is 1. The molecule has 11 heteroatoms. The molecule has 2 atom stereocenters. The molecular formula is C22H21F4N5O2. The summed E-state index contributed by atoms with van der Waals surface area (Å²) in [6.07, 6.45) is -3.42. The topological polar surface area (TPSA) is 66.5 Å². The highest BCUT2D eigenvalue weighted by Crippen LogP contribution is 2.43. The van der Waals surface area contributed by atoms with Gasteiger partial charge in [0.05, 0.1) is 12.3 Å². The quantitative estimate of drug-likeness (QED) is 0.589. The fourth-order valence-corrected chi connectivity index (χ4v) is 4.34. The molecule has 0 bridgehead atoms. The second-order valence-electron chi connectivity index (χ2n) is 8.12. The van der Waals surface area contributed by atoms with Crippen LogP contribution in [-0.2, 0) is 0 Å². The molecule has 3 aromatic rings. The molecule has 1 aromatic carbocycles. The maximum Gasteiger partial charge on any atom is 0.410 e. The van der Waals surface area contributed by atoms with Crippen LogP contribution in [0.4, 0.5) is 29.1 Å². The van der Waals surface area contributed by atoms with Crippen molar-refractivity contribution in [3.63, 3.8) is 0 Å². The third kappa shape index (κ3) is 4.14. The van der Waals surface area contributed by atoms with Crippen LogP contribution in [0.5, 0.6) is 0 Å². The van der Waals surface area contributed by atoms with Crippen LogP contribution in [-0.4, -0.2) is 52.9 Å². The zero-order chi connectivity index (χ0) is 23.2. The number of carbonyl (C=O) groups is 1. The van der Waals surface area contributed by atoms with Crippen LogP contribution >= 0.6 is 0 Å². The Labute approximate surface area is 186 Å². The number of halogens is 4. The normalized spacial score (nSPS) is 21.0. The van der Waals surface area contributed by atoms with Crippen molar-refractivity contribution in [2.24, 2.45) is 0 Å². The summed E-state index contributed by atoms with van der Waals surface area (Å²) < 4.78 is 60.6. The molecule has 0 radical (unpaired) electrons. The van der Waals surface area contributed by atoms with E-state index in [1.807, 2.05) is 4.90 Å². The van der Waals surface area contributed by atoms with Gasteiger partial charge in [0, 0.05) is 44.4 Å². The molecule has 4 heterocycles. The summed E-state index contributed by atoms with van der Waals surface area (Å²) in [4.78, 5) is 16.6. The highest BCUT2D eigenvalue weighted by molar-refractivity contribution is 5.93. The minimum absolute atomic E-state index is 0.0397. The van der Waals surface area contributed by atoms with Crippen molar-refractivity contribution in [3.05, 3.63) is 66.0 Å². The summed E-state index contributed by atoms with van der Waals surface area (Å²) in [5.41, 5.74) is 0.809. The van der Waals surface area contributed by atoms with Gasteiger partial charge >= 0.3 is 6.18 Å². The molecule has 0 spiro atoms. The van der Waals surface area contributed by atoms with E-state index in [0.29, 0.717) is 31.9 Å². The maximum absolute atomic E-state index is 13.8. The Hall–Kier alpha value is -3.50. The lowest BCUT2D eigenvalue weighted by molar-refractivity contribution is -0.174. The Morgan fingerprint density at radius 1 is 1.09 bits per heavy atom. The van der Waals surface area contributed by atoms with E-state index in [-0.39, 0.29) is 23.7 Å². The van der Waals surface area contributed by atoms with Gasteiger partial charge in [-0.05, 0) is 36.4 Å². The van der Waals surface area contributed by atoms with Crippen LogP contribution < -0.4 is 10.2 Å². The second kappa shape index (κ2) is 8.13. The SMILES string of the molecule is O=C(c1cc2n(n1)[C@H](C(F)(F)F)C[C@@H](c1ccco1)N2)N1CCN(c2ccc(F)cc2)CC1. The van der Waals surface area contributed by atoms with Crippen LogP contribution in [0.25, 0.3) is 0 Å². The summed E-state index contributed by atoms with van der Waals surface area (Å²) in [7, 11) is 0. The molecule has 1 amide bonds. The summed E-state index contributed by atoms with van der Waals surface area (Å²) >= 11 is 0. The van der Waals surface area contributed by atoms with E-state index in [1.165, 1.54) is 24.5 Å². The molecule has 7 nitrogen and oxygen atoms in total. The van der Waals surface area contributed by atoms with Crippen molar-refractivity contribution < 1.29 is 26.8 Å². The van der Waals surface area contributed by atoms with Gasteiger partial charge in [0.15, 0.2) is 11.7 Å². The molecule has 2 aliphatic heterocycles. The average Bonchev–Trinajstić information content (AvgIpc) is 3.48. The third-order valence-electron chi connectivity index (χ3n) is 6.05. The molecule has 1 saturated heterocycles. The predicted molar refractivity (Wildman–Crippen MR) is 112 cm³/mol. The molecule has 0 saturated carbocycles. The first-order chi connectivity index (χ1) is 15.8. The van der Waals surface area contributed by atoms with Gasteiger partial charge in [-0.3, -0.25) is 4.79 Å². The van der Waals surface area contributed by atoms with Crippen molar-refractivity contribution in [2.75, 3.05) is 36.4 Å². The second-order valence-corrected chi connectivity index (χ2v) is 8.12. The van der Waals surface area contributed by atoms with E-state index in [1.54, 1.807) is 29.2 Å².